The Kier molecular flexibility index (Phi) is 5.36. The van der Waals surface area contributed by atoms with Crippen molar-refractivity contribution in [3.8, 4) is 17.6 Å². The first-order valence-electron chi connectivity index (χ1n) is 8.26. The fraction of sp³-hybridized carbons (Fsp3) is 0.0870. The van der Waals surface area contributed by atoms with Crippen LogP contribution in [0.4, 0.5) is 0 Å². The predicted octanol–water partition coefficient (Wildman–Crippen LogP) is 5.19. The third-order valence-corrected chi connectivity index (χ3v) is 4.16. The molecule has 128 valence electrons. The molecule has 0 fully saturated rings. The van der Waals surface area contributed by atoms with E-state index >= 15 is 0 Å². The van der Waals surface area contributed by atoms with E-state index in [1.807, 2.05) is 78.9 Å². The Bertz CT molecular complexity index is 955. The van der Waals surface area contributed by atoms with Crippen molar-refractivity contribution in [2.75, 3.05) is 14.2 Å². The summed E-state index contributed by atoms with van der Waals surface area (Å²) in [7, 11) is 3.21. The van der Waals surface area contributed by atoms with Crippen molar-refractivity contribution in [3.63, 3.8) is 0 Å². The van der Waals surface area contributed by atoms with Gasteiger partial charge in [0.05, 0.1) is 19.8 Å². The number of nitrogens with zero attached hydrogens (tertiary/aromatic N) is 1. The second kappa shape index (κ2) is 8.04. The van der Waals surface area contributed by atoms with Crippen LogP contribution in [0, 0.1) is 11.3 Å². The second-order valence-corrected chi connectivity index (χ2v) is 5.66. The molecule has 0 spiro atoms. The van der Waals surface area contributed by atoms with Crippen molar-refractivity contribution in [3.05, 3.63) is 95.6 Å². The predicted molar refractivity (Wildman–Crippen MR) is 104 cm³/mol. The standard InChI is InChI=1S/C23H19NO2/c1-25-21-14-13-19(15-22(21)26-2)23(18-11-7-4-8-12-18)20(16-24)17-9-5-3-6-10-17/h3-15H,1-2H3/b23-20+. The molecule has 0 aliphatic rings. The number of benzene rings is 3. The van der Waals surface area contributed by atoms with Gasteiger partial charge in [-0.3, -0.25) is 0 Å². The average molecular weight is 341 g/mol. The highest BCUT2D eigenvalue weighted by Gasteiger charge is 2.16. The highest BCUT2D eigenvalue weighted by molar-refractivity contribution is 6.03. The Labute approximate surface area is 153 Å². The number of ether oxygens (including phenoxy) is 2. The van der Waals surface area contributed by atoms with Gasteiger partial charge in [-0.2, -0.15) is 5.26 Å². The first-order chi connectivity index (χ1) is 12.8. The van der Waals surface area contributed by atoms with Gasteiger partial charge >= 0.3 is 0 Å². The molecule has 0 aliphatic carbocycles. The SMILES string of the molecule is COc1ccc(/C(=C(\C#N)c2ccccc2)c2ccccc2)cc1OC. The van der Waals surface area contributed by atoms with Gasteiger partial charge in [-0.1, -0.05) is 66.7 Å². The van der Waals surface area contributed by atoms with Crippen molar-refractivity contribution in [1.29, 1.82) is 5.26 Å². The maximum Gasteiger partial charge on any atom is 0.161 e. The second-order valence-electron chi connectivity index (χ2n) is 5.66. The summed E-state index contributed by atoms with van der Waals surface area (Å²) in [6, 6.07) is 27.7. The van der Waals surface area contributed by atoms with Gasteiger partial charge in [-0.05, 0) is 28.8 Å². The Morgan fingerprint density at radius 2 is 1.27 bits per heavy atom. The Balaban J connectivity index is 2.30. The van der Waals surface area contributed by atoms with Crippen LogP contribution in [0.15, 0.2) is 78.9 Å². The monoisotopic (exact) mass is 341 g/mol. The van der Waals surface area contributed by atoms with Crippen molar-refractivity contribution in [2.24, 2.45) is 0 Å². The molecule has 3 aromatic carbocycles. The van der Waals surface area contributed by atoms with Crippen molar-refractivity contribution in [1.82, 2.24) is 0 Å². The molecule has 3 rings (SSSR count). The maximum absolute atomic E-state index is 9.94. The lowest BCUT2D eigenvalue weighted by Gasteiger charge is -2.15. The van der Waals surface area contributed by atoms with Gasteiger partial charge in [-0.25, -0.2) is 0 Å². The lowest BCUT2D eigenvalue weighted by Crippen LogP contribution is -1.96. The maximum atomic E-state index is 9.94. The zero-order chi connectivity index (χ0) is 18.4. The highest BCUT2D eigenvalue weighted by atomic mass is 16.5. The normalized spacial score (nSPS) is 11.3. The summed E-state index contributed by atoms with van der Waals surface area (Å²) in [5.41, 5.74) is 4.22. The Morgan fingerprint density at radius 1 is 0.692 bits per heavy atom. The molecule has 0 bridgehead atoms. The highest BCUT2D eigenvalue weighted by Crippen LogP contribution is 2.36. The smallest absolute Gasteiger partial charge is 0.161 e. The number of nitriles is 1. The lowest BCUT2D eigenvalue weighted by atomic mass is 9.90. The lowest BCUT2D eigenvalue weighted by molar-refractivity contribution is 0.355. The topological polar surface area (TPSA) is 42.2 Å². The average Bonchev–Trinajstić information content (AvgIpc) is 2.72. The van der Waals surface area contributed by atoms with Crippen LogP contribution < -0.4 is 9.47 Å². The van der Waals surface area contributed by atoms with Gasteiger partial charge in [0.2, 0.25) is 0 Å². The van der Waals surface area contributed by atoms with Gasteiger partial charge in [0.15, 0.2) is 11.5 Å². The molecule has 0 amide bonds. The molecule has 0 N–H and O–H groups in total. The summed E-state index contributed by atoms with van der Waals surface area (Å²) >= 11 is 0. The van der Waals surface area contributed by atoms with Crippen LogP contribution in [0.2, 0.25) is 0 Å². The largest absolute Gasteiger partial charge is 0.493 e. The minimum atomic E-state index is 0.615. The van der Waals surface area contributed by atoms with Gasteiger partial charge in [-0.15, -0.1) is 0 Å². The molecular formula is C23H19NO2. The molecule has 3 aromatic rings. The van der Waals surface area contributed by atoms with Crippen molar-refractivity contribution in [2.45, 2.75) is 0 Å². The van der Waals surface area contributed by atoms with Crippen LogP contribution in [0.5, 0.6) is 11.5 Å². The van der Waals surface area contributed by atoms with E-state index in [0.29, 0.717) is 17.1 Å². The summed E-state index contributed by atoms with van der Waals surface area (Å²) in [5.74, 6) is 1.28. The summed E-state index contributed by atoms with van der Waals surface area (Å²) in [4.78, 5) is 0. The van der Waals surface area contributed by atoms with Gasteiger partial charge in [0.1, 0.15) is 6.07 Å². The molecule has 0 unspecified atom stereocenters. The third-order valence-electron chi connectivity index (χ3n) is 4.16. The zero-order valence-electron chi connectivity index (χ0n) is 14.8. The summed E-state index contributed by atoms with van der Waals surface area (Å²) < 4.78 is 10.8. The quantitative estimate of drug-likeness (QED) is 0.474. The number of methoxy groups -OCH3 is 2. The Morgan fingerprint density at radius 3 is 1.81 bits per heavy atom. The van der Waals surface area contributed by atoms with Crippen LogP contribution >= 0.6 is 0 Å². The Hall–Kier alpha value is -3.51. The van der Waals surface area contributed by atoms with Crippen LogP contribution in [-0.2, 0) is 0 Å². The first kappa shape index (κ1) is 17.3. The van der Waals surface area contributed by atoms with E-state index < -0.39 is 0 Å². The molecule has 0 aliphatic heterocycles. The molecule has 26 heavy (non-hydrogen) atoms. The van der Waals surface area contributed by atoms with E-state index in [-0.39, 0.29) is 0 Å². The number of hydrogen-bond donors (Lipinski definition) is 0. The summed E-state index contributed by atoms with van der Waals surface area (Å²) in [6.45, 7) is 0. The minimum Gasteiger partial charge on any atom is -0.493 e. The summed E-state index contributed by atoms with van der Waals surface area (Å²) in [5, 5.41) is 9.94. The van der Waals surface area contributed by atoms with E-state index in [2.05, 4.69) is 6.07 Å². The molecule has 3 nitrogen and oxygen atoms in total. The van der Waals surface area contributed by atoms with E-state index in [1.54, 1.807) is 14.2 Å². The van der Waals surface area contributed by atoms with Crippen LogP contribution in [-0.4, -0.2) is 14.2 Å². The van der Waals surface area contributed by atoms with Gasteiger partial charge in [0.25, 0.3) is 0 Å². The fourth-order valence-corrected chi connectivity index (χ4v) is 2.92. The zero-order valence-corrected chi connectivity index (χ0v) is 14.8. The van der Waals surface area contributed by atoms with E-state index in [4.69, 9.17) is 9.47 Å². The van der Waals surface area contributed by atoms with Crippen LogP contribution in [0.1, 0.15) is 16.7 Å². The van der Waals surface area contributed by atoms with E-state index in [9.17, 15) is 5.26 Å². The van der Waals surface area contributed by atoms with Gasteiger partial charge in [0, 0.05) is 5.57 Å². The van der Waals surface area contributed by atoms with Crippen LogP contribution in [0.3, 0.4) is 0 Å². The molecule has 0 atom stereocenters. The fourth-order valence-electron chi connectivity index (χ4n) is 2.92. The number of allylic oxidation sites excluding steroid dienone is 1. The molecule has 0 saturated carbocycles. The van der Waals surface area contributed by atoms with Crippen molar-refractivity contribution < 1.29 is 9.47 Å². The molecular weight excluding hydrogens is 322 g/mol. The molecule has 0 heterocycles. The molecule has 0 saturated heterocycles. The molecule has 0 aromatic heterocycles. The first-order valence-corrected chi connectivity index (χ1v) is 8.26. The van der Waals surface area contributed by atoms with Gasteiger partial charge < -0.3 is 9.47 Å². The van der Waals surface area contributed by atoms with Crippen LogP contribution in [0.25, 0.3) is 11.1 Å². The number of hydrogen-bond acceptors (Lipinski definition) is 3. The molecule has 3 heteroatoms. The van der Waals surface area contributed by atoms with Crippen molar-refractivity contribution >= 4 is 11.1 Å². The molecule has 0 radical (unpaired) electrons. The van der Waals surface area contributed by atoms with E-state index in [0.717, 1.165) is 22.3 Å². The third kappa shape index (κ3) is 3.45. The minimum absolute atomic E-state index is 0.615. The summed E-state index contributed by atoms with van der Waals surface area (Å²) in [6.07, 6.45) is 0. The number of rotatable bonds is 5. The van der Waals surface area contributed by atoms with E-state index in [1.165, 1.54) is 0 Å².